The Morgan fingerprint density at radius 2 is 1.67 bits per heavy atom. The third kappa shape index (κ3) is 4.21. The van der Waals surface area contributed by atoms with Crippen LogP contribution in [-0.4, -0.2) is 30.8 Å². The van der Waals surface area contributed by atoms with Crippen LogP contribution in [0.1, 0.15) is 34.8 Å². The lowest BCUT2D eigenvalue weighted by atomic mass is 10.0. The number of nitrogens with one attached hydrogen (secondary N) is 2. The molecule has 5 aromatic rings. The number of benzene rings is 1. The summed E-state index contributed by atoms with van der Waals surface area (Å²) in [6.07, 6.45) is 8.86. The highest BCUT2D eigenvalue weighted by Crippen LogP contribution is 2.30. The van der Waals surface area contributed by atoms with E-state index in [1.807, 2.05) is 68.7 Å². The van der Waals surface area contributed by atoms with Gasteiger partial charge < -0.3 is 10.3 Å². The average Bonchev–Trinajstić information content (AvgIpc) is 3.28. The Hall–Kier alpha value is -4.39. The van der Waals surface area contributed by atoms with Gasteiger partial charge in [-0.05, 0) is 43.2 Å². The fourth-order valence-corrected chi connectivity index (χ4v) is 3.80. The van der Waals surface area contributed by atoms with Crippen molar-refractivity contribution in [3.63, 3.8) is 0 Å². The number of pyridine rings is 2. The summed E-state index contributed by atoms with van der Waals surface area (Å²) in [7, 11) is 0. The Bertz CT molecular complexity index is 1430. The molecule has 5 rings (SSSR count). The Labute approximate surface area is 191 Å². The molecule has 1 atom stereocenters. The number of nitrogens with zero attached hydrogens (tertiary/aromatic N) is 4. The van der Waals surface area contributed by atoms with Crippen molar-refractivity contribution in [3.8, 4) is 22.3 Å². The summed E-state index contributed by atoms with van der Waals surface area (Å²) >= 11 is 0. The van der Waals surface area contributed by atoms with Gasteiger partial charge in [0.25, 0.3) is 5.91 Å². The third-order valence-corrected chi connectivity index (χ3v) is 5.57. The van der Waals surface area contributed by atoms with Crippen molar-refractivity contribution in [3.05, 3.63) is 96.6 Å². The molecular formula is C26H22N6O. The van der Waals surface area contributed by atoms with Crippen molar-refractivity contribution in [2.75, 3.05) is 0 Å². The van der Waals surface area contributed by atoms with Gasteiger partial charge in [-0.3, -0.25) is 9.78 Å². The first-order valence-electron chi connectivity index (χ1n) is 10.7. The van der Waals surface area contributed by atoms with Crippen LogP contribution in [0.15, 0.2) is 79.5 Å². The molecular weight excluding hydrogens is 412 g/mol. The Balaban J connectivity index is 1.40. The summed E-state index contributed by atoms with van der Waals surface area (Å²) in [5.41, 5.74) is 6.53. The van der Waals surface area contributed by atoms with Gasteiger partial charge in [-0.15, -0.1) is 0 Å². The fourth-order valence-electron chi connectivity index (χ4n) is 3.80. The van der Waals surface area contributed by atoms with Crippen LogP contribution < -0.4 is 5.32 Å². The van der Waals surface area contributed by atoms with E-state index in [1.54, 1.807) is 18.6 Å². The summed E-state index contributed by atoms with van der Waals surface area (Å²) in [5, 5.41) is 3.90. The number of aromatic amines is 1. The van der Waals surface area contributed by atoms with Crippen molar-refractivity contribution in [1.29, 1.82) is 0 Å². The normalized spacial score (nSPS) is 11.9. The van der Waals surface area contributed by atoms with Gasteiger partial charge in [0.2, 0.25) is 5.82 Å². The minimum Gasteiger partial charge on any atom is -0.346 e. The van der Waals surface area contributed by atoms with E-state index in [0.717, 1.165) is 44.5 Å². The van der Waals surface area contributed by atoms with E-state index in [1.165, 1.54) is 0 Å². The largest absolute Gasteiger partial charge is 0.346 e. The van der Waals surface area contributed by atoms with Gasteiger partial charge >= 0.3 is 0 Å². The molecule has 7 heteroatoms. The third-order valence-electron chi connectivity index (χ3n) is 5.57. The van der Waals surface area contributed by atoms with Crippen LogP contribution >= 0.6 is 0 Å². The molecule has 0 aliphatic heterocycles. The van der Waals surface area contributed by atoms with Crippen molar-refractivity contribution in [1.82, 2.24) is 30.2 Å². The Kier molecular flexibility index (Phi) is 5.36. The maximum atomic E-state index is 12.6. The molecule has 33 heavy (non-hydrogen) atoms. The highest BCUT2D eigenvalue weighted by atomic mass is 16.2. The quantitative estimate of drug-likeness (QED) is 0.411. The van der Waals surface area contributed by atoms with E-state index in [0.29, 0.717) is 0 Å². The molecule has 0 radical (unpaired) electrons. The van der Waals surface area contributed by atoms with Crippen LogP contribution in [0, 0.1) is 6.92 Å². The number of aromatic nitrogens is 5. The number of hydrogen-bond donors (Lipinski definition) is 2. The van der Waals surface area contributed by atoms with Crippen LogP contribution in [0.5, 0.6) is 0 Å². The number of amides is 1. The molecule has 0 aliphatic rings. The highest BCUT2D eigenvalue weighted by Gasteiger charge is 2.15. The first-order chi connectivity index (χ1) is 16.1. The molecule has 0 saturated carbocycles. The topological polar surface area (TPSA) is 96.5 Å². The number of carbonyl (C=O) groups excluding carboxylic acids is 1. The second-order valence-electron chi connectivity index (χ2n) is 7.91. The molecule has 1 aromatic carbocycles. The first-order valence-corrected chi connectivity index (χ1v) is 10.7. The minimum absolute atomic E-state index is 0.132. The van der Waals surface area contributed by atoms with Gasteiger partial charge in [0.1, 0.15) is 5.65 Å². The van der Waals surface area contributed by atoms with Crippen LogP contribution in [-0.2, 0) is 0 Å². The number of carbonyl (C=O) groups is 1. The van der Waals surface area contributed by atoms with E-state index in [2.05, 4.69) is 36.3 Å². The van der Waals surface area contributed by atoms with E-state index < -0.39 is 0 Å². The van der Waals surface area contributed by atoms with Gasteiger partial charge in [-0.2, -0.15) is 0 Å². The van der Waals surface area contributed by atoms with Crippen LogP contribution in [0.3, 0.4) is 0 Å². The minimum atomic E-state index is -0.311. The van der Waals surface area contributed by atoms with Crippen molar-refractivity contribution < 1.29 is 4.79 Å². The second kappa shape index (κ2) is 8.63. The molecule has 0 saturated heterocycles. The average molecular weight is 435 g/mol. The molecule has 0 fully saturated rings. The van der Waals surface area contributed by atoms with Crippen LogP contribution in [0.25, 0.3) is 33.3 Å². The van der Waals surface area contributed by atoms with Gasteiger partial charge in [-0.1, -0.05) is 30.3 Å². The summed E-state index contributed by atoms with van der Waals surface area (Å²) in [4.78, 5) is 33.3. The van der Waals surface area contributed by atoms with E-state index in [9.17, 15) is 4.79 Å². The zero-order valence-electron chi connectivity index (χ0n) is 18.3. The Morgan fingerprint density at radius 1 is 0.909 bits per heavy atom. The summed E-state index contributed by atoms with van der Waals surface area (Å²) in [6.45, 7) is 3.90. The maximum Gasteiger partial charge on any atom is 0.289 e. The predicted octanol–water partition coefficient (Wildman–Crippen LogP) is 4.88. The summed E-state index contributed by atoms with van der Waals surface area (Å²) < 4.78 is 0. The number of fused-ring (bicyclic) bond motifs is 1. The summed E-state index contributed by atoms with van der Waals surface area (Å²) in [5.74, 6) is -0.179. The standard InChI is InChI=1S/C26H22N6O/c1-16-10-19(8-9-27-16)20-11-22-23(15-31-24(22)28-12-20)21-13-29-25(30-14-21)26(33)32-17(2)18-6-4-3-5-7-18/h3-15,17H,1-2H3,(H,28,31)(H,32,33)/t17-/m0/s1. The molecule has 2 N–H and O–H groups in total. The zero-order chi connectivity index (χ0) is 22.8. The number of hydrogen-bond acceptors (Lipinski definition) is 5. The van der Waals surface area contributed by atoms with E-state index >= 15 is 0 Å². The van der Waals surface area contributed by atoms with E-state index in [4.69, 9.17) is 0 Å². The predicted molar refractivity (Wildman–Crippen MR) is 127 cm³/mol. The molecule has 4 aromatic heterocycles. The molecule has 1 amide bonds. The van der Waals surface area contributed by atoms with Crippen molar-refractivity contribution >= 4 is 16.9 Å². The summed E-state index contributed by atoms with van der Waals surface area (Å²) in [6, 6.07) is 15.7. The molecule has 0 aliphatic carbocycles. The fraction of sp³-hybridized carbons (Fsp3) is 0.115. The van der Waals surface area contributed by atoms with Gasteiger partial charge in [0.05, 0.1) is 6.04 Å². The Morgan fingerprint density at radius 3 is 2.42 bits per heavy atom. The molecule has 162 valence electrons. The van der Waals surface area contributed by atoms with Crippen molar-refractivity contribution in [2.24, 2.45) is 0 Å². The number of H-pyrrole nitrogens is 1. The molecule has 4 heterocycles. The highest BCUT2D eigenvalue weighted by molar-refractivity contribution is 5.96. The smallest absolute Gasteiger partial charge is 0.289 e. The lowest BCUT2D eigenvalue weighted by molar-refractivity contribution is 0.0929. The molecule has 0 bridgehead atoms. The number of aryl methyl sites for hydroxylation is 1. The molecule has 0 unspecified atom stereocenters. The first kappa shape index (κ1) is 20.5. The lowest BCUT2D eigenvalue weighted by Crippen LogP contribution is -2.28. The van der Waals surface area contributed by atoms with Gasteiger partial charge in [0, 0.05) is 58.8 Å². The zero-order valence-corrected chi connectivity index (χ0v) is 18.3. The van der Waals surface area contributed by atoms with Gasteiger partial charge in [0.15, 0.2) is 0 Å². The van der Waals surface area contributed by atoms with Crippen molar-refractivity contribution in [2.45, 2.75) is 19.9 Å². The molecule has 7 nitrogen and oxygen atoms in total. The second-order valence-corrected chi connectivity index (χ2v) is 7.91. The van der Waals surface area contributed by atoms with E-state index in [-0.39, 0.29) is 17.8 Å². The van der Waals surface area contributed by atoms with Gasteiger partial charge in [-0.25, -0.2) is 15.0 Å². The van der Waals surface area contributed by atoms with Crippen LogP contribution in [0.2, 0.25) is 0 Å². The number of rotatable bonds is 5. The monoisotopic (exact) mass is 434 g/mol. The lowest BCUT2D eigenvalue weighted by Gasteiger charge is -2.13. The maximum absolute atomic E-state index is 12.6. The SMILES string of the molecule is Cc1cc(-c2cnc3[nH]cc(-c4cnc(C(=O)N[C@@H](C)c5ccccc5)nc4)c3c2)ccn1. The molecule has 0 spiro atoms. The van der Waals surface area contributed by atoms with Crippen LogP contribution in [0.4, 0.5) is 0 Å².